The lowest BCUT2D eigenvalue weighted by atomic mass is 9.47. The predicted octanol–water partition coefficient (Wildman–Crippen LogP) is 2.93. The van der Waals surface area contributed by atoms with Crippen molar-refractivity contribution in [2.75, 3.05) is 13.1 Å². The minimum Gasteiger partial charge on any atom is -0.373 e. The minimum absolute atomic E-state index is 0.0417. The summed E-state index contributed by atoms with van der Waals surface area (Å²) in [5.74, 6) is 2.52. The third-order valence-corrected chi connectivity index (χ3v) is 8.81. The molecule has 1 heterocycles. The lowest BCUT2D eigenvalue weighted by Gasteiger charge is -2.59. The standard InChI is InChI=1S/C19H34N2O3S/c1-4-18(19-8-15-5-16(9-19)7-17(6-15)10-19)20-25(22,23)21-11-13(2)24-14(3)12-21/h13-18,20H,4-12H2,1-3H3/t13-,14-,15?,16?,17?,18+,19?/m1/s1. The molecule has 0 aromatic rings. The Bertz CT molecular complexity index is 561. The van der Waals surface area contributed by atoms with Gasteiger partial charge in [-0.15, -0.1) is 0 Å². The molecule has 0 aromatic carbocycles. The molecule has 0 unspecified atom stereocenters. The fourth-order valence-corrected chi connectivity index (χ4v) is 8.56. The first-order valence-electron chi connectivity index (χ1n) is 10.2. The maximum absolute atomic E-state index is 13.1. The Labute approximate surface area is 153 Å². The number of hydrogen-bond donors (Lipinski definition) is 1. The third-order valence-electron chi connectivity index (χ3n) is 7.25. The monoisotopic (exact) mass is 370 g/mol. The van der Waals surface area contributed by atoms with Crippen LogP contribution in [0.3, 0.4) is 0 Å². The Kier molecular flexibility index (Phi) is 4.71. The Morgan fingerprint density at radius 3 is 1.96 bits per heavy atom. The molecular formula is C19H34N2O3S. The lowest BCUT2D eigenvalue weighted by molar-refractivity contribution is -0.0714. The van der Waals surface area contributed by atoms with Crippen LogP contribution in [-0.2, 0) is 14.9 Å². The summed E-state index contributed by atoms with van der Waals surface area (Å²) in [6, 6.07) is 0.0827. The van der Waals surface area contributed by atoms with Crippen LogP contribution in [0.15, 0.2) is 0 Å². The number of rotatable bonds is 5. The van der Waals surface area contributed by atoms with E-state index < -0.39 is 10.2 Å². The highest BCUT2D eigenvalue weighted by Crippen LogP contribution is 2.61. The molecule has 5 aliphatic rings. The van der Waals surface area contributed by atoms with Gasteiger partial charge in [0.1, 0.15) is 0 Å². The van der Waals surface area contributed by atoms with Crippen LogP contribution in [0.1, 0.15) is 65.7 Å². The summed E-state index contributed by atoms with van der Waals surface area (Å²) in [5.41, 5.74) is 0.208. The maximum Gasteiger partial charge on any atom is 0.279 e. The topological polar surface area (TPSA) is 58.6 Å². The molecular weight excluding hydrogens is 336 g/mol. The normalized spacial score (nSPS) is 45.6. The van der Waals surface area contributed by atoms with Crippen molar-refractivity contribution in [2.24, 2.45) is 23.2 Å². The van der Waals surface area contributed by atoms with Crippen molar-refractivity contribution in [3.63, 3.8) is 0 Å². The van der Waals surface area contributed by atoms with Crippen molar-refractivity contribution in [3.05, 3.63) is 0 Å². The molecule has 0 aromatic heterocycles. The summed E-state index contributed by atoms with van der Waals surface area (Å²) in [4.78, 5) is 0. The quantitative estimate of drug-likeness (QED) is 0.809. The summed E-state index contributed by atoms with van der Waals surface area (Å²) < 4.78 is 36.7. The lowest BCUT2D eigenvalue weighted by Crippen LogP contribution is -2.60. The van der Waals surface area contributed by atoms with E-state index in [0.717, 1.165) is 24.2 Å². The molecule has 5 fully saturated rings. The zero-order chi connectivity index (χ0) is 17.8. The molecule has 25 heavy (non-hydrogen) atoms. The zero-order valence-corrected chi connectivity index (χ0v) is 16.7. The fourth-order valence-electron chi connectivity index (χ4n) is 6.83. The first-order valence-corrected chi connectivity index (χ1v) is 11.7. The van der Waals surface area contributed by atoms with Crippen LogP contribution in [0, 0.1) is 23.2 Å². The SMILES string of the molecule is CC[C@H](NS(=O)(=O)N1C[C@@H](C)O[C@H](C)C1)C12CC3CC(CC(C3)C1)C2. The zero-order valence-electron chi connectivity index (χ0n) is 15.9. The molecule has 6 heteroatoms. The van der Waals surface area contributed by atoms with Crippen molar-refractivity contribution < 1.29 is 13.2 Å². The van der Waals surface area contributed by atoms with Gasteiger partial charge < -0.3 is 4.74 Å². The van der Waals surface area contributed by atoms with E-state index in [-0.39, 0.29) is 23.7 Å². The Morgan fingerprint density at radius 1 is 1.04 bits per heavy atom. The molecule has 144 valence electrons. The largest absolute Gasteiger partial charge is 0.373 e. The van der Waals surface area contributed by atoms with Crippen molar-refractivity contribution >= 4 is 10.2 Å². The fraction of sp³-hybridized carbons (Fsp3) is 1.00. The van der Waals surface area contributed by atoms with Crippen LogP contribution < -0.4 is 4.72 Å². The van der Waals surface area contributed by atoms with Gasteiger partial charge in [-0.3, -0.25) is 0 Å². The van der Waals surface area contributed by atoms with Crippen LogP contribution in [0.25, 0.3) is 0 Å². The number of ether oxygens (including phenoxy) is 1. The molecule has 5 nitrogen and oxygen atoms in total. The Balaban J connectivity index is 1.52. The van der Waals surface area contributed by atoms with Gasteiger partial charge in [0.2, 0.25) is 0 Å². The van der Waals surface area contributed by atoms with Gasteiger partial charge >= 0.3 is 0 Å². The summed E-state index contributed by atoms with van der Waals surface area (Å²) >= 11 is 0. The number of nitrogens with zero attached hydrogens (tertiary/aromatic N) is 1. The van der Waals surface area contributed by atoms with Crippen molar-refractivity contribution in [1.82, 2.24) is 9.03 Å². The summed E-state index contributed by atoms with van der Waals surface area (Å²) in [6.45, 7) is 6.97. The summed E-state index contributed by atoms with van der Waals surface area (Å²) in [6.07, 6.45) is 8.67. The second-order valence-corrected chi connectivity index (χ2v) is 11.1. The van der Waals surface area contributed by atoms with Crippen LogP contribution in [0.5, 0.6) is 0 Å². The average Bonchev–Trinajstić information content (AvgIpc) is 2.50. The van der Waals surface area contributed by atoms with Crippen LogP contribution in [0.2, 0.25) is 0 Å². The molecule has 0 radical (unpaired) electrons. The third kappa shape index (κ3) is 3.40. The van der Waals surface area contributed by atoms with Gasteiger partial charge in [0, 0.05) is 19.1 Å². The number of morpholine rings is 1. The minimum atomic E-state index is -3.45. The van der Waals surface area contributed by atoms with Gasteiger partial charge in [0.05, 0.1) is 12.2 Å². The van der Waals surface area contributed by atoms with E-state index >= 15 is 0 Å². The molecule has 1 N–H and O–H groups in total. The van der Waals surface area contributed by atoms with Crippen molar-refractivity contribution in [1.29, 1.82) is 0 Å². The average molecular weight is 371 g/mol. The van der Waals surface area contributed by atoms with E-state index in [9.17, 15) is 8.42 Å². The van der Waals surface area contributed by atoms with Crippen molar-refractivity contribution in [2.45, 2.75) is 84.0 Å². The van der Waals surface area contributed by atoms with E-state index in [1.807, 2.05) is 13.8 Å². The van der Waals surface area contributed by atoms with Gasteiger partial charge in [-0.05, 0) is 82.0 Å². The smallest absolute Gasteiger partial charge is 0.279 e. The first-order chi connectivity index (χ1) is 11.8. The predicted molar refractivity (Wildman–Crippen MR) is 98.3 cm³/mol. The first kappa shape index (κ1) is 18.2. The second kappa shape index (κ2) is 6.47. The molecule has 0 spiro atoms. The highest BCUT2D eigenvalue weighted by atomic mass is 32.2. The Morgan fingerprint density at radius 2 is 1.52 bits per heavy atom. The molecule has 0 amide bonds. The molecule has 3 atom stereocenters. The summed E-state index contributed by atoms with van der Waals surface area (Å²) in [7, 11) is -3.45. The molecule has 5 rings (SSSR count). The van der Waals surface area contributed by atoms with Gasteiger partial charge in [0.25, 0.3) is 10.2 Å². The molecule has 4 aliphatic carbocycles. The van der Waals surface area contributed by atoms with Crippen LogP contribution in [0.4, 0.5) is 0 Å². The van der Waals surface area contributed by atoms with E-state index in [1.54, 1.807) is 4.31 Å². The van der Waals surface area contributed by atoms with E-state index in [4.69, 9.17) is 4.74 Å². The van der Waals surface area contributed by atoms with Gasteiger partial charge in [-0.2, -0.15) is 17.4 Å². The van der Waals surface area contributed by atoms with Gasteiger partial charge in [-0.1, -0.05) is 6.92 Å². The second-order valence-electron chi connectivity index (χ2n) is 9.44. The van der Waals surface area contributed by atoms with Gasteiger partial charge in [0.15, 0.2) is 0 Å². The molecule has 1 saturated heterocycles. The summed E-state index contributed by atoms with van der Waals surface area (Å²) in [5, 5.41) is 0. The molecule has 4 saturated carbocycles. The van der Waals surface area contributed by atoms with E-state index in [0.29, 0.717) is 13.1 Å². The van der Waals surface area contributed by atoms with Crippen molar-refractivity contribution in [3.8, 4) is 0 Å². The highest BCUT2D eigenvalue weighted by molar-refractivity contribution is 7.87. The molecule has 4 bridgehead atoms. The van der Waals surface area contributed by atoms with E-state index in [1.165, 1.54) is 38.5 Å². The highest BCUT2D eigenvalue weighted by Gasteiger charge is 2.54. The van der Waals surface area contributed by atoms with Gasteiger partial charge in [-0.25, -0.2) is 0 Å². The molecule has 1 aliphatic heterocycles. The van der Waals surface area contributed by atoms with E-state index in [2.05, 4.69) is 11.6 Å². The van der Waals surface area contributed by atoms with Crippen LogP contribution >= 0.6 is 0 Å². The Hall–Kier alpha value is -0.170. The van der Waals surface area contributed by atoms with Crippen LogP contribution in [-0.4, -0.2) is 44.1 Å². The maximum atomic E-state index is 13.1. The number of hydrogen-bond acceptors (Lipinski definition) is 3. The number of nitrogens with one attached hydrogen (secondary N) is 1.